The van der Waals surface area contributed by atoms with Gasteiger partial charge in [0.1, 0.15) is 12.4 Å². The van der Waals surface area contributed by atoms with Gasteiger partial charge >= 0.3 is 0 Å². The highest BCUT2D eigenvalue weighted by Gasteiger charge is 2.22. The highest BCUT2D eigenvalue weighted by molar-refractivity contribution is 9.10. The summed E-state index contributed by atoms with van der Waals surface area (Å²) in [7, 11) is 0. The molecule has 3 rings (SSSR count). The zero-order chi connectivity index (χ0) is 14.8. The van der Waals surface area contributed by atoms with Crippen molar-refractivity contribution >= 4 is 27.7 Å². The maximum Gasteiger partial charge on any atom is 0.125 e. The van der Waals surface area contributed by atoms with Gasteiger partial charge in [-0.25, -0.2) is 0 Å². The van der Waals surface area contributed by atoms with Crippen molar-refractivity contribution in [1.29, 1.82) is 0 Å². The van der Waals surface area contributed by atoms with Gasteiger partial charge in [-0.05, 0) is 43.2 Å². The van der Waals surface area contributed by atoms with Crippen LogP contribution in [0, 0.1) is 0 Å². The molecule has 110 valence electrons. The smallest absolute Gasteiger partial charge is 0.125 e. The summed E-state index contributed by atoms with van der Waals surface area (Å²) in [6.45, 7) is 2.41. The molecule has 1 N–H and O–H groups in total. The Kier molecular flexibility index (Phi) is 4.57. The number of thioether (sulfide) groups is 1. The van der Waals surface area contributed by atoms with Crippen LogP contribution in [0.25, 0.3) is 0 Å². The molecule has 4 heteroatoms. The van der Waals surface area contributed by atoms with E-state index in [0.717, 1.165) is 22.2 Å². The number of aliphatic hydroxyl groups is 1. The summed E-state index contributed by atoms with van der Waals surface area (Å²) in [6, 6.07) is 14.3. The number of hydrogen-bond donors (Lipinski definition) is 1. The van der Waals surface area contributed by atoms with E-state index in [4.69, 9.17) is 4.74 Å². The van der Waals surface area contributed by atoms with Crippen LogP contribution in [0.2, 0.25) is 0 Å². The fourth-order valence-corrected chi connectivity index (χ4v) is 4.10. The molecule has 0 bridgehead atoms. The second-order valence-corrected chi connectivity index (χ2v) is 7.48. The molecule has 0 saturated carbocycles. The molecule has 0 radical (unpaired) electrons. The van der Waals surface area contributed by atoms with Crippen molar-refractivity contribution in [2.75, 3.05) is 6.61 Å². The quantitative estimate of drug-likeness (QED) is 0.859. The Balaban J connectivity index is 1.67. The van der Waals surface area contributed by atoms with E-state index in [1.807, 2.05) is 30.0 Å². The molecule has 0 fully saturated rings. The van der Waals surface area contributed by atoms with Crippen LogP contribution in [0.15, 0.2) is 51.8 Å². The Morgan fingerprint density at radius 3 is 2.90 bits per heavy atom. The lowest BCUT2D eigenvalue weighted by atomic mass is 10.1. The predicted octanol–water partition coefficient (Wildman–Crippen LogP) is 4.60. The molecule has 1 heterocycles. The van der Waals surface area contributed by atoms with Gasteiger partial charge < -0.3 is 9.84 Å². The topological polar surface area (TPSA) is 29.5 Å². The zero-order valence-electron chi connectivity index (χ0n) is 11.8. The normalized spacial score (nSPS) is 18.3. The number of ether oxygens (including phenoxy) is 1. The molecule has 0 aliphatic carbocycles. The Bertz CT molecular complexity index is 617. The van der Waals surface area contributed by atoms with Crippen LogP contribution >= 0.6 is 27.7 Å². The van der Waals surface area contributed by atoms with E-state index in [1.165, 1.54) is 10.5 Å². The van der Waals surface area contributed by atoms with Gasteiger partial charge in [0.15, 0.2) is 0 Å². The molecule has 1 unspecified atom stereocenters. The molecule has 0 aromatic heterocycles. The molecule has 0 saturated heterocycles. The van der Waals surface area contributed by atoms with Crippen LogP contribution in [-0.2, 0) is 6.42 Å². The Morgan fingerprint density at radius 2 is 2.14 bits per heavy atom. The van der Waals surface area contributed by atoms with Crippen LogP contribution in [0.5, 0.6) is 5.75 Å². The first-order chi connectivity index (χ1) is 10.1. The summed E-state index contributed by atoms with van der Waals surface area (Å²) in [6.07, 6.45) is 0.507. The lowest BCUT2D eigenvalue weighted by molar-refractivity contribution is 0.191. The molecule has 2 atom stereocenters. The number of hydrogen-bond acceptors (Lipinski definition) is 3. The molecule has 1 aliphatic rings. The van der Waals surface area contributed by atoms with Crippen LogP contribution < -0.4 is 4.74 Å². The van der Waals surface area contributed by atoms with Crippen molar-refractivity contribution in [1.82, 2.24) is 0 Å². The first-order valence-corrected chi connectivity index (χ1v) is 8.65. The van der Waals surface area contributed by atoms with Crippen molar-refractivity contribution in [2.24, 2.45) is 0 Å². The van der Waals surface area contributed by atoms with E-state index >= 15 is 0 Å². The van der Waals surface area contributed by atoms with E-state index in [2.05, 4.69) is 40.2 Å². The van der Waals surface area contributed by atoms with Crippen LogP contribution in [0.1, 0.15) is 24.2 Å². The Morgan fingerprint density at radius 1 is 1.33 bits per heavy atom. The average Bonchev–Trinajstić information content (AvgIpc) is 2.88. The van der Waals surface area contributed by atoms with Gasteiger partial charge in [0, 0.05) is 20.2 Å². The van der Waals surface area contributed by atoms with Crippen molar-refractivity contribution in [3.05, 3.63) is 58.1 Å². The average molecular weight is 365 g/mol. The minimum absolute atomic E-state index is 0.438. The van der Waals surface area contributed by atoms with E-state index in [0.29, 0.717) is 11.9 Å². The zero-order valence-corrected chi connectivity index (χ0v) is 14.2. The van der Waals surface area contributed by atoms with E-state index < -0.39 is 6.10 Å². The maximum absolute atomic E-state index is 9.86. The standard InChI is InChI=1S/C17H17BrO2S/c1-11(19)15-9-13(18)6-7-16(15)20-10-14-8-12-4-2-3-5-17(12)21-14/h2-7,9,11,14,19H,8,10H2,1H3/t11-,14?/m1/s1. The molecular formula is C17H17BrO2S. The van der Waals surface area contributed by atoms with Crippen LogP contribution in [0.4, 0.5) is 0 Å². The van der Waals surface area contributed by atoms with Gasteiger partial charge in [-0.15, -0.1) is 11.8 Å². The Hall–Kier alpha value is -0.970. The van der Waals surface area contributed by atoms with E-state index in [1.54, 1.807) is 6.92 Å². The number of aliphatic hydroxyl groups excluding tert-OH is 1. The molecule has 1 aliphatic heterocycles. The molecular weight excluding hydrogens is 348 g/mol. The monoisotopic (exact) mass is 364 g/mol. The summed E-state index contributed by atoms with van der Waals surface area (Å²) in [5.41, 5.74) is 2.23. The molecule has 0 spiro atoms. The SMILES string of the molecule is C[C@@H](O)c1cc(Br)ccc1OCC1Cc2ccccc2S1. The maximum atomic E-state index is 9.86. The first kappa shape index (κ1) is 14.9. The summed E-state index contributed by atoms with van der Waals surface area (Å²) < 4.78 is 6.92. The number of fused-ring (bicyclic) bond motifs is 1. The van der Waals surface area contributed by atoms with Gasteiger partial charge in [0.2, 0.25) is 0 Å². The summed E-state index contributed by atoms with van der Waals surface area (Å²) in [5, 5.41) is 10.3. The predicted molar refractivity (Wildman–Crippen MR) is 90.1 cm³/mol. The summed E-state index contributed by atoms with van der Waals surface area (Å²) >= 11 is 5.31. The fraction of sp³-hybridized carbons (Fsp3) is 0.294. The van der Waals surface area contributed by atoms with E-state index in [9.17, 15) is 5.11 Å². The second-order valence-electron chi connectivity index (χ2n) is 5.22. The van der Waals surface area contributed by atoms with Crippen LogP contribution in [-0.4, -0.2) is 17.0 Å². The van der Waals surface area contributed by atoms with Crippen LogP contribution in [0.3, 0.4) is 0 Å². The minimum atomic E-state index is -0.536. The number of rotatable bonds is 4. The molecule has 0 amide bonds. The lowest BCUT2D eigenvalue weighted by Crippen LogP contribution is -2.14. The lowest BCUT2D eigenvalue weighted by Gasteiger charge is -2.16. The third kappa shape index (κ3) is 3.44. The van der Waals surface area contributed by atoms with Gasteiger partial charge in [-0.1, -0.05) is 34.1 Å². The highest BCUT2D eigenvalue weighted by Crippen LogP contribution is 2.37. The summed E-state index contributed by atoms with van der Waals surface area (Å²) in [5.74, 6) is 0.768. The Labute approximate surface area is 137 Å². The molecule has 21 heavy (non-hydrogen) atoms. The molecule has 2 aromatic carbocycles. The highest BCUT2D eigenvalue weighted by atomic mass is 79.9. The van der Waals surface area contributed by atoms with Crippen molar-refractivity contribution < 1.29 is 9.84 Å². The van der Waals surface area contributed by atoms with Gasteiger partial charge in [0.25, 0.3) is 0 Å². The third-order valence-corrected chi connectivity index (χ3v) is 5.34. The molecule has 2 nitrogen and oxygen atoms in total. The van der Waals surface area contributed by atoms with Gasteiger partial charge in [-0.3, -0.25) is 0 Å². The van der Waals surface area contributed by atoms with Gasteiger partial charge in [0.05, 0.1) is 6.10 Å². The van der Waals surface area contributed by atoms with E-state index in [-0.39, 0.29) is 0 Å². The van der Waals surface area contributed by atoms with Gasteiger partial charge in [-0.2, -0.15) is 0 Å². The largest absolute Gasteiger partial charge is 0.492 e. The second kappa shape index (κ2) is 6.42. The van der Waals surface area contributed by atoms with Crippen molar-refractivity contribution in [3.63, 3.8) is 0 Å². The van der Waals surface area contributed by atoms with Crippen molar-refractivity contribution in [3.8, 4) is 5.75 Å². The number of halogens is 1. The minimum Gasteiger partial charge on any atom is -0.492 e. The van der Waals surface area contributed by atoms with Crippen molar-refractivity contribution in [2.45, 2.75) is 29.6 Å². The first-order valence-electron chi connectivity index (χ1n) is 6.98. The summed E-state index contributed by atoms with van der Waals surface area (Å²) in [4.78, 5) is 1.36. The molecule has 2 aromatic rings. The number of benzene rings is 2. The fourth-order valence-electron chi connectivity index (χ4n) is 2.51. The third-order valence-electron chi connectivity index (χ3n) is 3.56.